The Kier molecular flexibility index (Phi) is 2.54. The van der Waals surface area contributed by atoms with E-state index in [0.717, 1.165) is 10.9 Å². The average molecular weight is 255 g/mol. The first-order chi connectivity index (χ1) is 9.17. The third-order valence-corrected chi connectivity index (χ3v) is 2.95. The van der Waals surface area contributed by atoms with Crippen LogP contribution in [0.15, 0.2) is 46.9 Å². The molecule has 1 heterocycles. The molecular formula is C14H11N2O3+. The summed E-state index contributed by atoms with van der Waals surface area (Å²) in [7, 11) is 0. The van der Waals surface area contributed by atoms with Crippen molar-refractivity contribution in [2.24, 2.45) is 0 Å². The fraction of sp³-hybridized carbons (Fsp3) is 0. The molecule has 0 spiro atoms. The third-order valence-electron chi connectivity index (χ3n) is 2.95. The van der Waals surface area contributed by atoms with Gasteiger partial charge in [0, 0.05) is 22.6 Å². The van der Waals surface area contributed by atoms with E-state index in [1.807, 2.05) is 12.1 Å². The van der Waals surface area contributed by atoms with Gasteiger partial charge in [-0.1, -0.05) is 6.07 Å². The quantitative estimate of drug-likeness (QED) is 0.332. The summed E-state index contributed by atoms with van der Waals surface area (Å²) in [6.07, 6.45) is 0. The first-order valence-electron chi connectivity index (χ1n) is 5.68. The smallest absolute Gasteiger partial charge is 0.274 e. The number of carbonyl (C=O) groups is 1. The van der Waals surface area contributed by atoms with Gasteiger partial charge in [-0.05, 0) is 24.3 Å². The van der Waals surface area contributed by atoms with Gasteiger partial charge >= 0.3 is 0 Å². The van der Waals surface area contributed by atoms with Gasteiger partial charge < -0.3 is 4.42 Å². The first kappa shape index (κ1) is 11.4. The maximum Gasteiger partial charge on any atom is 0.274 e. The van der Waals surface area contributed by atoms with Gasteiger partial charge in [-0.2, -0.15) is 0 Å². The number of fused-ring (bicyclic) bond motifs is 2. The van der Waals surface area contributed by atoms with E-state index in [2.05, 4.69) is 0 Å². The Balaban J connectivity index is 2.28. The first-order valence-corrected chi connectivity index (χ1v) is 5.68. The lowest BCUT2D eigenvalue weighted by atomic mass is 10.1. The third kappa shape index (κ3) is 1.96. The SMILES string of the molecule is [NH2+]=c1ccc2cc3ccc(C(=O)NO)cc3oc-2c1. The second-order valence-electron chi connectivity index (χ2n) is 4.24. The van der Waals surface area contributed by atoms with E-state index in [9.17, 15) is 4.79 Å². The summed E-state index contributed by atoms with van der Waals surface area (Å²) in [6.45, 7) is 0. The van der Waals surface area contributed by atoms with Crippen molar-refractivity contribution in [1.29, 1.82) is 0 Å². The van der Waals surface area contributed by atoms with Gasteiger partial charge in [0.15, 0.2) is 5.36 Å². The lowest BCUT2D eigenvalue weighted by molar-refractivity contribution is -0.172. The van der Waals surface area contributed by atoms with E-state index < -0.39 is 5.91 Å². The van der Waals surface area contributed by atoms with Gasteiger partial charge in [-0.25, -0.2) is 5.48 Å². The molecule has 1 aromatic carbocycles. The van der Waals surface area contributed by atoms with Gasteiger partial charge in [-0.15, -0.1) is 0 Å². The Labute approximate surface area is 107 Å². The fourth-order valence-electron chi connectivity index (χ4n) is 1.99. The maximum absolute atomic E-state index is 11.4. The Morgan fingerprint density at radius 2 is 2.00 bits per heavy atom. The van der Waals surface area contributed by atoms with E-state index in [4.69, 9.17) is 15.0 Å². The highest BCUT2D eigenvalue weighted by Crippen LogP contribution is 2.27. The molecule has 1 aliphatic heterocycles. The number of hydrogen-bond acceptors (Lipinski definition) is 3. The summed E-state index contributed by atoms with van der Waals surface area (Å²) in [5, 5.41) is 15.8. The molecule has 0 saturated heterocycles. The Bertz CT molecular complexity index is 807. The molecule has 0 aromatic heterocycles. The van der Waals surface area contributed by atoms with Crippen molar-refractivity contribution >= 4 is 16.9 Å². The zero-order valence-corrected chi connectivity index (χ0v) is 9.88. The van der Waals surface area contributed by atoms with Crippen molar-refractivity contribution < 1.29 is 19.8 Å². The van der Waals surface area contributed by atoms with Crippen molar-refractivity contribution in [3.63, 3.8) is 0 Å². The molecule has 0 unspecified atom stereocenters. The predicted molar refractivity (Wildman–Crippen MR) is 67.1 cm³/mol. The molecule has 5 heteroatoms. The van der Waals surface area contributed by atoms with Gasteiger partial charge in [0.05, 0.1) is 6.07 Å². The largest absolute Gasteiger partial charge is 0.456 e. The van der Waals surface area contributed by atoms with Crippen LogP contribution in [0.25, 0.3) is 22.3 Å². The van der Waals surface area contributed by atoms with Crippen LogP contribution >= 0.6 is 0 Å². The highest BCUT2D eigenvalue weighted by Gasteiger charge is 2.10. The van der Waals surface area contributed by atoms with E-state index in [0.29, 0.717) is 22.3 Å². The average Bonchev–Trinajstić information content (AvgIpc) is 2.43. The van der Waals surface area contributed by atoms with E-state index in [1.165, 1.54) is 0 Å². The molecule has 2 aliphatic rings. The summed E-state index contributed by atoms with van der Waals surface area (Å²) < 4.78 is 5.72. The van der Waals surface area contributed by atoms with Crippen LogP contribution in [0.3, 0.4) is 0 Å². The molecule has 1 aliphatic carbocycles. The fourth-order valence-corrected chi connectivity index (χ4v) is 1.99. The second-order valence-corrected chi connectivity index (χ2v) is 4.24. The molecule has 0 bridgehead atoms. The van der Waals surface area contributed by atoms with E-state index in [-0.39, 0.29) is 0 Å². The van der Waals surface area contributed by atoms with Gasteiger partial charge in [0.2, 0.25) is 0 Å². The molecule has 0 fully saturated rings. The monoisotopic (exact) mass is 255 g/mol. The van der Waals surface area contributed by atoms with E-state index >= 15 is 0 Å². The Hall–Kier alpha value is -2.66. The summed E-state index contributed by atoms with van der Waals surface area (Å²) in [6, 6.07) is 12.3. The summed E-state index contributed by atoms with van der Waals surface area (Å²) >= 11 is 0. The summed E-state index contributed by atoms with van der Waals surface area (Å²) in [5.74, 6) is 0.0684. The number of amides is 1. The zero-order valence-electron chi connectivity index (χ0n) is 9.88. The van der Waals surface area contributed by atoms with Crippen LogP contribution in [-0.4, -0.2) is 11.1 Å². The minimum absolute atomic E-state index is 0.321. The molecular weight excluding hydrogens is 244 g/mol. The topological polar surface area (TPSA) is 88.1 Å². The molecule has 19 heavy (non-hydrogen) atoms. The molecule has 3 rings (SSSR count). The highest BCUT2D eigenvalue weighted by atomic mass is 16.5. The predicted octanol–water partition coefficient (Wildman–Crippen LogP) is 0.316. The van der Waals surface area contributed by atoms with Crippen molar-refractivity contribution in [2.45, 2.75) is 0 Å². The highest BCUT2D eigenvalue weighted by molar-refractivity contribution is 5.97. The molecule has 1 aromatic rings. The maximum atomic E-state index is 11.4. The van der Waals surface area contributed by atoms with Crippen molar-refractivity contribution in [3.05, 3.63) is 53.4 Å². The molecule has 0 atom stereocenters. The molecule has 5 nitrogen and oxygen atoms in total. The Morgan fingerprint density at radius 3 is 2.79 bits per heavy atom. The molecule has 4 N–H and O–H groups in total. The number of carbonyl (C=O) groups excluding carboxylic acids is 1. The summed E-state index contributed by atoms with van der Waals surface area (Å²) in [4.78, 5) is 11.4. The summed E-state index contributed by atoms with van der Waals surface area (Å²) in [5.41, 5.74) is 3.40. The van der Waals surface area contributed by atoms with Crippen molar-refractivity contribution in [1.82, 2.24) is 5.48 Å². The van der Waals surface area contributed by atoms with Crippen LogP contribution in [0.2, 0.25) is 0 Å². The van der Waals surface area contributed by atoms with Crippen molar-refractivity contribution in [2.75, 3.05) is 0 Å². The minimum atomic E-state index is -0.579. The van der Waals surface area contributed by atoms with Gasteiger partial charge in [0.1, 0.15) is 11.3 Å². The van der Waals surface area contributed by atoms with Crippen molar-refractivity contribution in [3.8, 4) is 11.3 Å². The van der Waals surface area contributed by atoms with Crippen LogP contribution in [0.1, 0.15) is 10.4 Å². The van der Waals surface area contributed by atoms with Crippen LogP contribution in [0, 0.1) is 0 Å². The van der Waals surface area contributed by atoms with Gasteiger partial charge in [-0.3, -0.25) is 15.4 Å². The zero-order chi connectivity index (χ0) is 13.4. The van der Waals surface area contributed by atoms with E-state index in [1.54, 1.807) is 35.8 Å². The minimum Gasteiger partial charge on any atom is -0.456 e. The van der Waals surface area contributed by atoms with Crippen LogP contribution in [0.5, 0.6) is 0 Å². The molecule has 0 radical (unpaired) electrons. The molecule has 1 amide bonds. The number of hydrogen-bond donors (Lipinski definition) is 3. The lowest BCUT2D eigenvalue weighted by Gasteiger charge is -2.07. The molecule has 0 saturated carbocycles. The standard InChI is InChI=1S/C14H10N2O3/c15-11-4-3-9-5-8-1-2-10(14(17)16-18)6-12(8)19-13(9)7-11/h1-7,15,18H,(H,16,17)/p+1. The lowest BCUT2D eigenvalue weighted by Crippen LogP contribution is -2.44. The number of hydroxylamine groups is 1. The normalized spacial score (nSPS) is 10.8. The van der Waals surface area contributed by atoms with Crippen LogP contribution in [-0.2, 0) is 0 Å². The Morgan fingerprint density at radius 1 is 1.16 bits per heavy atom. The number of rotatable bonds is 1. The number of benzene rings is 2. The van der Waals surface area contributed by atoms with Crippen LogP contribution < -0.4 is 16.2 Å². The van der Waals surface area contributed by atoms with Gasteiger partial charge in [0.25, 0.3) is 5.91 Å². The number of nitrogens with two attached hydrogens (primary N) is 1. The second kappa shape index (κ2) is 4.22. The van der Waals surface area contributed by atoms with Crippen LogP contribution in [0.4, 0.5) is 0 Å². The molecule has 94 valence electrons. The number of nitrogens with one attached hydrogen (secondary N) is 1.